The highest BCUT2D eigenvalue weighted by molar-refractivity contribution is 8.27. The molecule has 1 aromatic heterocycles. The number of nitrogens with zero attached hydrogens (tertiary/aromatic N) is 4. The zero-order valence-corrected chi connectivity index (χ0v) is 18.4. The normalized spacial score (nSPS) is 20.8. The van der Waals surface area contributed by atoms with Crippen LogP contribution < -0.4 is 0 Å². The maximum atomic E-state index is 12.8. The second-order valence-corrected chi connectivity index (χ2v) is 9.10. The Morgan fingerprint density at radius 2 is 1.94 bits per heavy atom. The van der Waals surface area contributed by atoms with Crippen molar-refractivity contribution in [2.45, 2.75) is 45.4 Å². The average Bonchev–Trinajstić information content (AvgIpc) is 3.44. The summed E-state index contributed by atoms with van der Waals surface area (Å²) in [5.41, 5.74) is 3.39. The molecule has 6 nitrogen and oxygen atoms in total. The summed E-state index contributed by atoms with van der Waals surface area (Å²) in [5.74, 6) is 0.144. The Balaban J connectivity index is 1.44. The maximum Gasteiger partial charge on any atom is 0.283 e. The molecule has 3 heterocycles. The third-order valence-corrected chi connectivity index (χ3v) is 7.19. The van der Waals surface area contributed by atoms with Crippen LogP contribution >= 0.6 is 11.8 Å². The molecule has 0 unspecified atom stereocenters. The van der Waals surface area contributed by atoms with Gasteiger partial charge in [-0.05, 0) is 66.9 Å². The molecule has 1 saturated carbocycles. The van der Waals surface area contributed by atoms with Gasteiger partial charge in [0, 0.05) is 23.5 Å². The van der Waals surface area contributed by atoms with Gasteiger partial charge in [-0.25, -0.2) is 0 Å². The van der Waals surface area contributed by atoms with Gasteiger partial charge in [-0.2, -0.15) is 15.1 Å². The van der Waals surface area contributed by atoms with E-state index < -0.39 is 0 Å². The summed E-state index contributed by atoms with van der Waals surface area (Å²) in [6.45, 7) is 2.13. The minimum Gasteiger partial charge on any atom is -0.317 e. The first-order chi connectivity index (χ1) is 15.1. The molecule has 2 aliphatic heterocycles. The molecule has 1 aliphatic carbocycles. The van der Waals surface area contributed by atoms with Gasteiger partial charge in [0.15, 0.2) is 5.84 Å². The number of aliphatic imine (C=N–C) groups is 1. The zero-order valence-electron chi connectivity index (χ0n) is 17.5. The molecule has 1 N–H and O–H groups in total. The molecule has 0 atom stereocenters. The van der Waals surface area contributed by atoms with Crippen LogP contribution in [0.4, 0.5) is 0 Å². The van der Waals surface area contributed by atoms with Crippen LogP contribution in [0.15, 0.2) is 58.3 Å². The average molecular weight is 432 g/mol. The lowest BCUT2D eigenvalue weighted by Gasteiger charge is -2.20. The molecule has 31 heavy (non-hydrogen) atoms. The van der Waals surface area contributed by atoms with Crippen LogP contribution in [0.3, 0.4) is 0 Å². The lowest BCUT2D eigenvalue weighted by atomic mass is 9.90. The zero-order chi connectivity index (χ0) is 21.4. The molecule has 5 rings (SSSR count). The number of rotatable bonds is 4. The van der Waals surface area contributed by atoms with Gasteiger partial charge in [0.05, 0.1) is 5.57 Å². The summed E-state index contributed by atoms with van der Waals surface area (Å²) in [7, 11) is 0. The van der Waals surface area contributed by atoms with E-state index >= 15 is 0 Å². The molecule has 1 fully saturated rings. The number of amidine groups is 2. The molecule has 0 radical (unpaired) electrons. The highest BCUT2D eigenvalue weighted by Gasteiger charge is 2.38. The van der Waals surface area contributed by atoms with Gasteiger partial charge in [0.1, 0.15) is 5.04 Å². The number of hydrazone groups is 1. The van der Waals surface area contributed by atoms with E-state index in [-0.39, 0.29) is 17.3 Å². The number of aromatic nitrogens is 1. The van der Waals surface area contributed by atoms with Crippen molar-refractivity contribution in [3.8, 4) is 5.69 Å². The summed E-state index contributed by atoms with van der Waals surface area (Å²) in [5, 5.41) is 16.4. The second kappa shape index (κ2) is 8.30. The first-order valence-corrected chi connectivity index (χ1v) is 11.7. The predicted octanol–water partition coefficient (Wildman–Crippen LogP) is 5.24. The Hall–Kier alpha value is -2.93. The molecular formula is C24H25N5OS. The van der Waals surface area contributed by atoms with Crippen molar-refractivity contribution in [3.05, 3.63) is 59.4 Å². The first-order valence-electron chi connectivity index (χ1n) is 10.9. The van der Waals surface area contributed by atoms with Gasteiger partial charge in [-0.1, -0.05) is 38.3 Å². The number of nitrogens with one attached hydrogen (secondary N) is 1. The Bertz CT molecular complexity index is 1120. The smallest absolute Gasteiger partial charge is 0.283 e. The van der Waals surface area contributed by atoms with Crippen LogP contribution in [0, 0.1) is 11.3 Å². The maximum absolute atomic E-state index is 12.8. The largest absolute Gasteiger partial charge is 0.317 e. The first kappa shape index (κ1) is 20.0. The number of carbonyl (C=O) groups excluding carboxylic acids is 1. The molecule has 1 amide bonds. The summed E-state index contributed by atoms with van der Waals surface area (Å²) in [6.07, 6.45) is 10.7. The number of aryl methyl sites for hydroxylation is 1. The van der Waals surface area contributed by atoms with E-state index in [1.807, 2.05) is 22.9 Å². The van der Waals surface area contributed by atoms with Crippen molar-refractivity contribution in [2.75, 3.05) is 0 Å². The van der Waals surface area contributed by atoms with Gasteiger partial charge in [-0.3, -0.25) is 10.2 Å². The minimum atomic E-state index is -0.377. The van der Waals surface area contributed by atoms with Crippen LogP contribution in [0.1, 0.15) is 50.3 Å². The monoisotopic (exact) mass is 431 g/mol. The topological polar surface area (TPSA) is 73.8 Å². The minimum absolute atomic E-state index is 0.0994. The Kier molecular flexibility index (Phi) is 5.36. The van der Waals surface area contributed by atoms with E-state index in [1.54, 1.807) is 6.08 Å². The fraction of sp³-hybridized carbons (Fsp3) is 0.333. The van der Waals surface area contributed by atoms with Crippen LogP contribution in [0.5, 0.6) is 0 Å². The van der Waals surface area contributed by atoms with Crippen molar-refractivity contribution < 1.29 is 4.79 Å². The molecule has 7 heteroatoms. The van der Waals surface area contributed by atoms with E-state index in [4.69, 9.17) is 5.41 Å². The molecule has 158 valence electrons. The quantitative estimate of drug-likeness (QED) is 0.673. The predicted molar refractivity (Wildman–Crippen MR) is 127 cm³/mol. The summed E-state index contributed by atoms with van der Waals surface area (Å²) in [6, 6.07) is 12.2. The van der Waals surface area contributed by atoms with Gasteiger partial charge in [0.2, 0.25) is 5.17 Å². The van der Waals surface area contributed by atoms with E-state index in [0.29, 0.717) is 11.1 Å². The lowest BCUT2D eigenvalue weighted by Crippen LogP contribution is -2.35. The molecular weight excluding hydrogens is 406 g/mol. The number of carbonyl (C=O) groups is 1. The number of fused-ring (bicyclic) bond motifs is 1. The van der Waals surface area contributed by atoms with Gasteiger partial charge in [-0.15, -0.1) is 0 Å². The Labute approximate surface area is 186 Å². The molecule has 2 aromatic rings. The van der Waals surface area contributed by atoms with Gasteiger partial charge in [0.25, 0.3) is 5.91 Å². The number of thioether (sulfide) groups is 1. The number of amides is 1. The molecule has 0 spiro atoms. The molecule has 1 aromatic carbocycles. The molecule has 3 aliphatic rings. The third-order valence-electron chi connectivity index (χ3n) is 6.12. The summed E-state index contributed by atoms with van der Waals surface area (Å²) in [4.78, 5) is 17.1. The highest BCUT2D eigenvalue weighted by atomic mass is 32.2. The molecule has 0 bridgehead atoms. The van der Waals surface area contributed by atoms with E-state index in [2.05, 4.69) is 41.3 Å². The van der Waals surface area contributed by atoms with Gasteiger partial charge >= 0.3 is 0 Å². The highest BCUT2D eigenvalue weighted by Crippen LogP contribution is 2.36. The SMILES string of the molecule is CCc1ccc(-n2cccc2/C=C2/C(=N)N3N=C(C4CCCCC4)SC3=NC2=O)cc1. The second-order valence-electron chi connectivity index (χ2n) is 8.12. The van der Waals surface area contributed by atoms with Gasteiger partial charge < -0.3 is 4.57 Å². The number of hydrogen-bond donors (Lipinski definition) is 1. The fourth-order valence-electron chi connectivity index (χ4n) is 4.31. The Morgan fingerprint density at radius 3 is 2.68 bits per heavy atom. The third kappa shape index (κ3) is 3.78. The van der Waals surface area contributed by atoms with Crippen molar-refractivity contribution in [1.29, 1.82) is 5.41 Å². The number of hydrogen-bond acceptors (Lipinski definition) is 4. The number of benzene rings is 1. The van der Waals surface area contributed by atoms with Crippen molar-refractivity contribution in [3.63, 3.8) is 0 Å². The molecule has 0 saturated heterocycles. The van der Waals surface area contributed by atoms with Crippen LogP contribution in [0.25, 0.3) is 11.8 Å². The lowest BCUT2D eigenvalue weighted by molar-refractivity contribution is -0.114. The van der Waals surface area contributed by atoms with Crippen LogP contribution in [0.2, 0.25) is 0 Å². The van der Waals surface area contributed by atoms with E-state index in [0.717, 1.165) is 35.7 Å². The van der Waals surface area contributed by atoms with E-state index in [1.165, 1.54) is 41.6 Å². The van der Waals surface area contributed by atoms with Crippen LogP contribution in [-0.4, -0.2) is 31.5 Å². The van der Waals surface area contributed by atoms with Crippen molar-refractivity contribution in [2.24, 2.45) is 16.0 Å². The fourth-order valence-corrected chi connectivity index (χ4v) is 5.37. The van der Waals surface area contributed by atoms with Crippen molar-refractivity contribution >= 4 is 39.8 Å². The standard InChI is InChI=1S/C24H25N5OS/c1-2-16-10-12-18(13-11-16)28-14-6-9-19(28)15-20-21(25)29-24(26-22(20)30)31-23(27-29)17-7-4-3-5-8-17/h6,9-15,17,25H,2-5,7-8H2,1H3/b20-15-,25-21?. The summed E-state index contributed by atoms with van der Waals surface area (Å²) < 4.78 is 2.02. The Morgan fingerprint density at radius 1 is 1.16 bits per heavy atom. The summed E-state index contributed by atoms with van der Waals surface area (Å²) >= 11 is 1.45. The van der Waals surface area contributed by atoms with E-state index in [9.17, 15) is 4.79 Å². The van der Waals surface area contributed by atoms with Crippen LogP contribution in [-0.2, 0) is 11.2 Å². The van der Waals surface area contributed by atoms with Crippen molar-refractivity contribution in [1.82, 2.24) is 9.58 Å².